The predicted octanol–water partition coefficient (Wildman–Crippen LogP) is 6.06. The minimum absolute atomic E-state index is 0.715. The van der Waals surface area contributed by atoms with Crippen LogP contribution in [0.1, 0.15) is 102 Å². The van der Waals surface area contributed by atoms with Crippen molar-refractivity contribution in [3.63, 3.8) is 0 Å². The first-order chi connectivity index (χ1) is 10.8. The van der Waals surface area contributed by atoms with E-state index in [0.29, 0.717) is 5.92 Å². The predicted molar refractivity (Wildman–Crippen MR) is 94.1 cm³/mol. The van der Waals surface area contributed by atoms with E-state index in [9.17, 15) is 0 Å². The number of aromatic nitrogens is 2. The molecule has 124 valence electrons. The number of aryl methyl sites for hydroxylation is 1. The highest BCUT2D eigenvalue weighted by molar-refractivity contribution is 5.12. The van der Waals surface area contributed by atoms with E-state index in [2.05, 4.69) is 36.2 Å². The van der Waals surface area contributed by atoms with E-state index in [4.69, 9.17) is 0 Å². The molecule has 0 amide bonds. The van der Waals surface area contributed by atoms with Crippen molar-refractivity contribution in [3.05, 3.63) is 23.8 Å². The van der Waals surface area contributed by atoms with Crippen molar-refractivity contribution >= 4 is 0 Å². The van der Waals surface area contributed by atoms with Crippen LogP contribution >= 0.6 is 0 Å². The Kier molecular flexibility index (Phi) is 7.90. The van der Waals surface area contributed by atoms with Crippen molar-refractivity contribution in [2.75, 3.05) is 0 Å². The third kappa shape index (κ3) is 5.70. The van der Waals surface area contributed by atoms with E-state index >= 15 is 0 Å². The summed E-state index contributed by atoms with van der Waals surface area (Å²) in [4.78, 5) is 9.06. The van der Waals surface area contributed by atoms with Gasteiger partial charge in [0.2, 0.25) is 0 Å². The first-order valence-electron chi connectivity index (χ1n) is 9.64. The summed E-state index contributed by atoms with van der Waals surface area (Å²) in [5.74, 6) is 2.71. The Bertz CT molecular complexity index is 391. The zero-order valence-electron chi connectivity index (χ0n) is 14.7. The quantitative estimate of drug-likeness (QED) is 0.518. The maximum atomic E-state index is 4.53. The molecule has 0 aromatic carbocycles. The highest BCUT2D eigenvalue weighted by Crippen LogP contribution is 2.37. The van der Waals surface area contributed by atoms with Crippen LogP contribution in [0.5, 0.6) is 0 Å². The summed E-state index contributed by atoms with van der Waals surface area (Å²) >= 11 is 0. The Labute approximate surface area is 137 Å². The molecule has 0 saturated heterocycles. The molecule has 1 heterocycles. The van der Waals surface area contributed by atoms with Gasteiger partial charge in [0, 0.05) is 18.8 Å². The summed E-state index contributed by atoms with van der Waals surface area (Å²) in [5.41, 5.74) is 1.38. The average molecular weight is 303 g/mol. The molecule has 1 aliphatic rings. The summed E-state index contributed by atoms with van der Waals surface area (Å²) in [6, 6.07) is 0. The molecule has 0 bridgehead atoms. The fourth-order valence-electron chi connectivity index (χ4n) is 3.75. The first-order valence-corrected chi connectivity index (χ1v) is 9.64. The molecule has 1 aromatic heterocycles. The van der Waals surface area contributed by atoms with E-state index in [1.807, 2.05) is 0 Å². The molecule has 1 saturated carbocycles. The van der Waals surface area contributed by atoms with Gasteiger partial charge < -0.3 is 0 Å². The van der Waals surface area contributed by atoms with Crippen LogP contribution in [0.25, 0.3) is 0 Å². The lowest BCUT2D eigenvalue weighted by Gasteiger charge is -2.28. The normalized spacial score (nSPS) is 21.9. The van der Waals surface area contributed by atoms with Crippen LogP contribution in [0.4, 0.5) is 0 Å². The molecule has 1 aromatic rings. The number of unbranched alkanes of at least 4 members (excludes halogenated alkanes) is 4. The highest BCUT2D eigenvalue weighted by Gasteiger charge is 2.22. The lowest BCUT2D eigenvalue weighted by Crippen LogP contribution is -2.14. The Morgan fingerprint density at radius 1 is 0.864 bits per heavy atom. The monoisotopic (exact) mass is 302 g/mol. The van der Waals surface area contributed by atoms with Crippen LogP contribution in [0, 0.1) is 5.92 Å². The molecule has 0 atom stereocenters. The van der Waals surface area contributed by atoms with Crippen molar-refractivity contribution < 1.29 is 0 Å². The number of hydrogen-bond acceptors (Lipinski definition) is 2. The van der Waals surface area contributed by atoms with Gasteiger partial charge in [0.25, 0.3) is 0 Å². The van der Waals surface area contributed by atoms with Crippen LogP contribution in [0.2, 0.25) is 0 Å². The maximum Gasteiger partial charge on any atom is 0.128 e. The van der Waals surface area contributed by atoms with Crippen LogP contribution in [0.15, 0.2) is 12.4 Å². The van der Waals surface area contributed by atoms with E-state index in [0.717, 1.165) is 24.6 Å². The molecule has 0 spiro atoms. The highest BCUT2D eigenvalue weighted by atomic mass is 14.9. The van der Waals surface area contributed by atoms with Crippen LogP contribution in [0.3, 0.4) is 0 Å². The Hall–Kier alpha value is -0.920. The first kappa shape index (κ1) is 17.4. The summed E-state index contributed by atoms with van der Waals surface area (Å²) < 4.78 is 0. The molecular formula is C20H34N2. The van der Waals surface area contributed by atoms with E-state index < -0.39 is 0 Å². The molecule has 1 aliphatic carbocycles. The minimum atomic E-state index is 0.715. The molecular weight excluding hydrogens is 268 g/mol. The molecule has 2 nitrogen and oxygen atoms in total. The van der Waals surface area contributed by atoms with Crippen molar-refractivity contribution in [2.24, 2.45) is 5.92 Å². The fraction of sp³-hybridized carbons (Fsp3) is 0.800. The van der Waals surface area contributed by atoms with Crippen molar-refractivity contribution in [1.29, 1.82) is 0 Å². The molecule has 0 radical (unpaired) electrons. The van der Waals surface area contributed by atoms with Crippen molar-refractivity contribution in [3.8, 4) is 0 Å². The van der Waals surface area contributed by atoms with Crippen LogP contribution < -0.4 is 0 Å². The van der Waals surface area contributed by atoms with Gasteiger partial charge in [0.05, 0.1) is 0 Å². The Morgan fingerprint density at radius 2 is 1.55 bits per heavy atom. The smallest absolute Gasteiger partial charge is 0.128 e. The third-order valence-electron chi connectivity index (χ3n) is 5.23. The molecule has 0 N–H and O–H groups in total. The molecule has 0 aliphatic heterocycles. The zero-order valence-corrected chi connectivity index (χ0v) is 14.7. The summed E-state index contributed by atoms with van der Waals surface area (Å²) in [5, 5.41) is 0. The standard InChI is InChI=1S/C20H34N2/c1-3-5-6-7-8-10-17-11-13-18(14-12-17)19-15-21-20(9-4-2)22-16-19/h15-18H,3-14H2,1-2H3. The van der Waals surface area contributed by atoms with Gasteiger partial charge >= 0.3 is 0 Å². The van der Waals surface area contributed by atoms with E-state index in [1.54, 1.807) is 0 Å². The molecule has 2 heteroatoms. The lowest BCUT2D eigenvalue weighted by atomic mass is 9.77. The fourth-order valence-corrected chi connectivity index (χ4v) is 3.75. The molecule has 22 heavy (non-hydrogen) atoms. The topological polar surface area (TPSA) is 25.8 Å². The molecule has 2 rings (SSSR count). The van der Waals surface area contributed by atoms with Gasteiger partial charge in [-0.3, -0.25) is 0 Å². The maximum absolute atomic E-state index is 4.53. The zero-order chi connectivity index (χ0) is 15.6. The second-order valence-electron chi connectivity index (χ2n) is 7.10. The van der Waals surface area contributed by atoms with Gasteiger partial charge in [0.15, 0.2) is 0 Å². The van der Waals surface area contributed by atoms with Gasteiger partial charge in [-0.1, -0.05) is 52.4 Å². The third-order valence-corrected chi connectivity index (χ3v) is 5.23. The molecule has 0 unspecified atom stereocenters. The lowest BCUT2D eigenvalue weighted by molar-refractivity contribution is 0.301. The van der Waals surface area contributed by atoms with Gasteiger partial charge in [-0.05, 0) is 49.5 Å². The van der Waals surface area contributed by atoms with Crippen molar-refractivity contribution in [1.82, 2.24) is 9.97 Å². The van der Waals surface area contributed by atoms with Crippen LogP contribution in [-0.4, -0.2) is 9.97 Å². The largest absolute Gasteiger partial charge is 0.241 e. The Balaban J connectivity index is 1.68. The minimum Gasteiger partial charge on any atom is -0.241 e. The van der Waals surface area contributed by atoms with E-state index in [-0.39, 0.29) is 0 Å². The second-order valence-corrected chi connectivity index (χ2v) is 7.10. The molecule has 1 fully saturated rings. The van der Waals surface area contributed by atoms with Gasteiger partial charge in [-0.2, -0.15) is 0 Å². The summed E-state index contributed by atoms with van der Waals surface area (Å²) in [6.07, 6.45) is 20.4. The second kappa shape index (κ2) is 9.97. The summed E-state index contributed by atoms with van der Waals surface area (Å²) in [6.45, 7) is 4.47. The number of nitrogens with zero attached hydrogens (tertiary/aromatic N) is 2. The van der Waals surface area contributed by atoms with Gasteiger partial charge in [0.1, 0.15) is 5.82 Å². The Morgan fingerprint density at radius 3 is 2.18 bits per heavy atom. The number of rotatable bonds is 9. The average Bonchev–Trinajstić information content (AvgIpc) is 2.56. The van der Waals surface area contributed by atoms with Gasteiger partial charge in [-0.15, -0.1) is 0 Å². The summed E-state index contributed by atoms with van der Waals surface area (Å²) in [7, 11) is 0. The van der Waals surface area contributed by atoms with Gasteiger partial charge in [-0.25, -0.2) is 9.97 Å². The number of hydrogen-bond donors (Lipinski definition) is 0. The van der Waals surface area contributed by atoms with E-state index in [1.165, 1.54) is 69.8 Å². The SMILES string of the molecule is CCCCCCCC1CCC(c2cnc(CCC)nc2)CC1. The van der Waals surface area contributed by atoms with Crippen molar-refractivity contribution in [2.45, 2.75) is 96.8 Å². The van der Waals surface area contributed by atoms with Crippen LogP contribution in [-0.2, 0) is 6.42 Å².